The largest absolute Gasteiger partial charge is 0.489 e. The summed E-state index contributed by atoms with van der Waals surface area (Å²) in [4.78, 5) is 43.6. The number of aromatic nitrogens is 1. The van der Waals surface area contributed by atoms with Crippen LogP contribution in [0.3, 0.4) is 0 Å². The fourth-order valence-corrected chi connectivity index (χ4v) is 5.20. The molecule has 34 heavy (non-hydrogen) atoms. The highest BCUT2D eigenvalue weighted by Crippen LogP contribution is 2.40. The molecule has 1 aromatic carbocycles. The van der Waals surface area contributed by atoms with Crippen LogP contribution in [-0.4, -0.2) is 64.0 Å². The van der Waals surface area contributed by atoms with Crippen LogP contribution < -0.4 is 10.3 Å². The molecule has 182 valence electrons. The Morgan fingerprint density at radius 1 is 1.18 bits per heavy atom. The predicted molar refractivity (Wildman–Crippen MR) is 129 cm³/mol. The molecule has 1 fully saturated rings. The smallest absolute Gasteiger partial charge is 0.256 e. The topological polar surface area (TPSA) is 103 Å². The Balaban J connectivity index is 1.55. The standard InChI is InChI=1S/C24H27Cl2N3O5/c1-13-9-14(2)27-23(32)17(13)11-29-8-5-16-18(25)10-19(22(26)21(16)24(29)33)34-15-3-6-28(7-4-15)20(31)12-30/h9-10,15,30H,3-8,11-12H2,1-2H3,(H,27,32). The van der Waals surface area contributed by atoms with Crippen LogP contribution in [0.1, 0.15) is 45.6 Å². The number of carbonyl (C=O) groups excluding carboxylic acids is 2. The lowest BCUT2D eigenvalue weighted by Gasteiger charge is -2.33. The molecule has 1 saturated heterocycles. The Bertz CT molecular complexity index is 1190. The minimum atomic E-state index is -0.510. The summed E-state index contributed by atoms with van der Waals surface area (Å²) in [5.74, 6) is -0.264. The number of amides is 2. The molecule has 2 aliphatic heterocycles. The second kappa shape index (κ2) is 9.98. The number of pyridine rings is 1. The van der Waals surface area contributed by atoms with Gasteiger partial charge in [-0.25, -0.2) is 0 Å². The summed E-state index contributed by atoms with van der Waals surface area (Å²) in [7, 11) is 0. The van der Waals surface area contributed by atoms with Crippen LogP contribution in [0.25, 0.3) is 0 Å². The second-order valence-electron chi connectivity index (χ2n) is 8.80. The Kier molecular flexibility index (Phi) is 7.21. The van der Waals surface area contributed by atoms with E-state index in [4.69, 9.17) is 33.0 Å². The van der Waals surface area contributed by atoms with Crippen LogP contribution >= 0.6 is 23.2 Å². The fraction of sp³-hybridized carbons (Fsp3) is 0.458. The zero-order valence-electron chi connectivity index (χ0n) is 19.1. The van der Waals surface area contributed by atoms with Crippen molar-refractivity contribution in [1.82, 2.24) is 14.8 Å². The summed E-state index contributed by atoms with van der Waals surface area (Å²) in [6.07, 6.45) is 1.47. The van der Waals surface area contributed by atoms with E-state index >= 15 is 0 Å². The SMILES string of the molecule is Cc1cc(C)c(CN2CCc3c(Cl)cc(OC4CCN(C(=O)CO)CC4)c(Cl)c3C2=O)c(=O)[nH]1. The van der Waals surface area contributed by atoms with Crippen LogP contribution in [0, 0.1) is 13.8 Å². The maximum Gasteiger partial charge on any atom is 0.256 e. The van der Waals surface area contributed by atoms with Gasteiger partial charge in [0.05, 0.1) is 17.1 Å². The maximum atomic E-state index is 13.4. The van der Waals surface area contributed by atoms with Gasteiger partial charge < -0.3 is 24.6 Å². The van der Waals surface area contributed by atoms with Gasteiger partial charge in [-0.2, -0.15) is 0 Å². The van der Waals surface area contributed by atoms with Crippen molar-refractivity contribution >= 4 is 35.0 Å². The summed E-state index contributed by atoms with van der Waals surface area (Å²) < 4.78 is 6.11. The van der Waals surface area contributed by atoms with Crippen molar-refractivity contribution in [3.05, 3.63) is 60.5 Å². The van der Waals surface area contributed by atoms with Crippen LogP contribution in [0.2, 0.25) is 10.0 Å². The van der Waals surface area contributed by atoms with E-state index in [1.54, 1.807) is 15.9 Å². The van der Waals surface area contributed by atoms with Crippen molar-refractivity contribution < 1.29 is 19.4 Å². The molecule has 0 aliphatic carbocycles. The number of hydrogen-bond donors (Lipinski definition) is 2. The van der Waals surface area contributed by atoms with Gasteiger partial charge in [0.2, 0.25) is 5.91 Å². The van der Waals surface area contributed by atoms with Gasteiger partial charge in [-0.05, 0) is 37.5 Å². The molecular weight excluding hydrogens is 481 g/mol. The molecule has 4 rings (SSSR count). The van der Waals surface area contributed by atoms with Crippen molar-refractivity contribution in [3.63, 3.8) is 0 Å². The van der Waals surface area contributed by atoms with E-state index in [1.165, 1.54) is 0 Å². The number of fused-ring (bicyclic) bond motifs is 1. The number of ether oxygens (including phenoxy) is 1. The van der Waals surface area contributed by atoms with Crippen LogP contribution in [0.4, 0.5) is 0 Å². The highest BCUT2D eigenvalue weighted by Gasteiger charge is 2.32. The normalized spacial score (nSPS) is 16.6. The number of piperidine rings is 1. The summed E-state index contributed by atoms with van der Waals surface area (Å²) >= 11 is 13.2. The van der Waals surface area contributed by atoms with E-state index in [1.807, 2.05) is 19.9 Å². The number of nitrogens with one attached hydrogen (secondary N) is 1. The zero-order chi connectivity index (χ0) is 24.6. The molecule has 0 radical (unpaired) electrons. The first kappa shape index (κ1) is 24.6. The third-order valence-corrected chi connectivity index (χ3v) is 7.20. The minimum absolute atomic E-state index is 0.177. The first-order valence-corrected chi connectivity index (χ1v) is 12.0. The zero-order valence-corrected chi connectivity index (χ0v) is 20.6. The van der Waals surface area contributed by atoms with Gasteiger partial charge in [0.15, 0.2) is 0 Å². The highest BCUT2D eigenvalue weighted by molar-refractivity contribution is 6.38. The fourth-order valence-electron chi connectivity index (χ4n) is 4.62. The first-order valence-electron chi connectivity index (χ1n) is 11.2. The number of halogens is 2. The van der Waals surface area contributed by atoms with Gasteiger partial charge in [0.25, 0.3) is 11.5 Å². The Labute approximate surface area is 207 Å². The molecule has 2 amide bonds. The number of aliphatic hydroxyl groups excluding tert-OH is 1. The van der Waals surface area contributed by atoms with E-state index in [2.05, 4.69) is 4.98 Å². The molecule has 10 heteroatoms. The average Bonchev–Trinajstić information content (AvgIpc) is 2.80. The van der Waals surface area contributed by atoms with Gasteiger partial charge in [-0.15, -0.1) is 0 Å². The summed E-state index contributed by atoms with van der Waals surface area (Å²) in [6.45, 7) is 4.70. The molecule has 0 spiro atoms. The Morgan fingerprint density at radius 3 is 2.53 bits per heavy atom. The Morgan fingerprint density at radius 2 is 1.88 bits per heavy atom. The van der Waals surface area contributed by atoms with Gasteiger partial charge in [0, 0.05) is 54.8 Å². The van der Waals surface area contributed by atoms with E-state index in [0.717, 1.165) is 11.3 Å². The van der Waals surface area contributed by atoms with Crippen molar-refractivity contribution in [3.8, 4) is 5.75 Å². The number of H-pyrrole nitrogens is 1. The van der Waals surface area contributed by atoms with Gasteiger partial charge >= 0.3 is 0 Å². The van der Waals surface area contributed by atoms with E-state index in [9.17, 15) is 14.4 Å². The number of aryl methyl sites for hydroxylation is 2. The first-order chi connectivity index (χ1) is 16.2. The van der Waals surface area contributed by atoms with Crippen LogP contribution in [0.15, 0.2) is 16.9 Å². The molecule has 2 N–H and O–H groups in total. The van der Waals surface area contributed by atoms with Crippen molar-refractivity contribution in [2.75, 3.05) is 26.2 Å². The summed E-state index contributed by atoms with van der Waals surface area (Å²) in [6, 6.07) is 3.53. The molecule has 8 nitrogen and oxygen atoms in total. The molecule has 0 unspecified atom stereocenters. The van der Waals surface area contributed by atoms with Crippen LogP contribution in [0.5, 0.6) is 5.75 Å². The lowest BCUT2D eigenvalue weighted by molar-refractivity contribution is -0.135. The molecule has 3 heterocycles. The van der Waals surface area contributed by atoms with Crippen molar-refractivity contribution in [2.45, 2.75) is 45.8 Å². The monoisotopic (exact) mass is 507 g/mol. The maximum absolute atomic E-state index is 13.4. The van der Waals surface area contributed by atoms with E-state index < -0.39 is 6.61 Å². The van der Waals surface area contributed by atoms with E-state index in [-0.39, 0.29) is 35.0 Å². The molecular formula is C24H27Cl2N3O5. The Hall–Kier alpha value is -2.55. The number of rotatable bonds is 5. The number of aliphatic hydroxyl groups is 1. The van der Waals surface area contributed by atoms with Crippen LogP contribution in [-0.2, 0) is 17.8 Å². The third-order valence-electron chi connectivity index (χ3n) is 6.48. The number of hydrogen-bond acceptors (Lipinski definition) is 5. The molecule has 2 aliphatic rings. The lowest BCUT2D eigenvalue weighted by atomic mass is 9.97. The third kappa shape index (κ3) is 4.80. The number of nitrogens with zero attached hydrogens (tertiary/aromatic N) is 2. The molecule has 0 saturated carbocycles. The molecule has 2 aromatic rings. The second-order valence-corrected chi connectivity index (χ2v) is 9.59. The number of benzene rings is 1. The van der Waals surface area contributed by atoms with Crippen molar-refractivity contribution in [2.24, 2.45) is 0 Å². The number of aromatic amines is 1. The van der Waals surface area contributed by atoms with Gasteiger partial charge in [0.1, 0.15) is 18.5 Å². The predicted octanol–water partition coefficient (Wildman–Crippen LogP) is 2.86. The summed E-state index contributed by atoms with van der Waals surface area (Å²) in [5.41, 5.74) is 2.92. The van der Waals surface area contributed by atoms with Gasteiger partial charge in [-0.3, -0.25) is 14.4 Å². The number of likely N-dealkylation sites (tertiary alicyclic amines) is 1. The molecule has 1 aromatic heterocycles. The quantitative estimate of drug-likeness (QED) is 0.647. The van der Waals surface area contributed by atoms with Gasteiger partial charge in [-0.1, -0.05) is 23.2 Å². The summed E-state index contributed by atoms with van der Waals surface area (Å²) in [5, 5.41) is 9.66. The molecule has 0 bridgehead atoms. The lowest BCUT2D eigenvalue weighted by Crippen LogP contribution is -2.43. The van der Waals surface area contributed by atoms with Crippen molar-refractivity contribution in [1.29, 1.82) is 0 Å². The van der Waals surface area contributed by atoms with E-state index in [0.29, 0.717) is 66.4 Å². The highest BCUT2D eigenvalue weighted by atomic mass is 35.5. The minimum Gasteiger partial charge on any atom is -0.489 e. The molecule has 0 atom stereocenters. The average molecular weight is 508 g/mol. The number of carbonyl (C=O) groups is 2.